The van der Waals surface area contributed by atoms with Crippen LogP contribution < -0.4 is 19.5 Å². The number of methoxy groups -OCH3 is 3. The highest BCUT2D eigenvalue weighted by molar-refractivity contribution is 5.92. The molecule has 27 heavy (non-hydrogen) atoms. The average molecular weight is 367 g/mol. The number of rotatable bonds is 7. The van der Waals surface area contributed by atoms with Crippen LogP contribution in [0.5, 0.6) is 17.2 Å². The summed E-state index contributed by atoms with van der Waals surface area (Å²) in [6.07, 6.45) is 3.72. The second-order valence-corrected chi connectivity index (χ2v) is 5.76. The summed E-state index contributed by atoms with van der Waals surface area (Å²) in [5, 5.41) is 7.10. The molecule has 0 aliphatic carbocycles. The van der Waals surface area contributed by atoms with Crippen molar-refractivity contribution >= 4 is 11.6 Å². The number of carbonyl (C=O) groups is 1. The van der Waals surface area contributed by atoms with Crippen LogP contribution in [0.15, 0.2) is 54.9 Å². The molecule has 0 aliphatic heterocycles. The van der Waals surface area contributed by atoms with Gasteiger partial charge in [-0.3, -0.25) is 4.79 Å². The Morgan fingerprint density at radius 3 is 2.37 bits per heavy atom. The van der Waals surface area contributed by atoms with Gasteiger partial charge in [-0.1, -0.05) is 6.07 Å². The van der Waals surface area contributed by atoms with Gasteiger partial charge in [-0.25, -0.2) is 4.68 Å². The third kappa shape index (κ3) is 4.20. The van der Waals surface area contributed by atoms with E-state index in [1.165, 1.54) is 0 Å². The van der Waals surface area contributed by atoms with E-state index in [1.54, 1.807) is 44.3 Å². The van der Waals surface area contributed by atoms with Crippen LogP contribution in [0.25, 0.3) is 5.69 Å². The van der Waals surface area contributed by atoms with Gasteiger partial charge in [-0.2, -0.15) is 5.10 Å². The fourth-order valence-electron chi connectivity index (χ4n) is 2.78. The molecule has 0 spiro atoms. The van der Waals surface area contributed by atoms with Crippen molar-refractivity contribution in [2.75, 3.05) is 26.6 Å². The van der Waals surface area contributed by atoms with Crippen LogP contribution in [0.1, 0.15) is 5.56 Å². The summed E-state index contributed by atoms with van der Waals surface area (Å²) in [6, 6.07) is 12.9. The van der Waals surface area contributed by atoms with Gasteiger partial charge in [0, 0.05) is 18.1 Å². The van der Waals surface area contributed by atoms with Gasteiger partial charge in [0.2, 0.25) is 11.7 Å². The van der Waals surface area contributed by atoms with Crippen LogP contribution in [0.3, 0.4) is 0 Å². The van der Waals surface area contributed by atoms with Crippen LogP contribution in [-0.4, -0.2) is 37.0 Å². The van der Waals surface area contributed by atoms with Gasteiger partial charge in [0.15, 0.2) is 11.5 Å². The van der Waals surface area contributed by atoms with Gasteiger partial charge in [0.25, 0.3) is 0 Å². The summed E-state index contributed by atoms with van der Waals surface area (Å²) in [5.41, 5.74) is 2.32. The van der Waals surface area contributed by atoms with Crippen LogP contribution in [0, 0.1) is 0 Å². The molecule has 3 aromatic rings. The van der Waals surface area contributed by atoms with Crippen LogP contribution in [0.2, 0.25) is 0 Å². The van der Waals surface area contributed by atoms with E-state index in [0.29, 0.717) is 22.9 Å². The highest BCUT2D eigenvalue weighted by Crippen LogP contribution is 2.38. The standard InChI is InChI=1S/C20H21N3O4/c1-25-17-10-14(11-18(26-2)20(17)27-3)12-19(24)22-15-6-4-7-16(13-15)23-9-5-8-21-23/h4-11,13H,12H2,1-3H3,(H,22,24). The molecular formula is C20H21N3O4. The maximum absolute atomic E-state index is 12.5. The highest BCUT2D eigenvalue weighted by Gasteiger charge is 2.15. The zero-order valence-electron chi connectivity index (χ0n) is 15.4. The Morgan fingerprint density at radius 2 is 1.78 bits per heavy atom. The van der Waals surface area contributed by atoms with Gasteiger partial charge >= 0.3 is 0 Å². The van der Waals surface area contributed by atoms with E-state index in [9.17, 15) is 4.79 Å². The van der Waals surface area contributed by atoms with Crippen molar-refractivity contribution in [3.63, 3.8) is 0 Å². The number of nitrogens with zero attached hydrogens (tertiary/aromatic N) is 2. The molecule has 1 amide bonds. The normalized spacial score (nSPS) is 10.3. The zero-order chi connectivity index (χ0) is 19.2. The molecule has 7 nitrogen and oxygen atoms in total. The molecule has 0 atom stereocenters. The number of aromatic nitrogens is 2. The monoisotopic (exact) mass is 367 g/mol. The molecule has 0 aliphatic rings. The molecule has 7 heteroatoms. The molecule has 1 heterocycles. The van der Waals surface area contributed by atoms with Crippen molar-refractivity contribution in [2.45, 2.75) is 6.42 Å². The first-order valence-electron chi connectivity index (χ1n) is 8.33. The lowest BCUT2D eigenvalue weighted by Gasteiger charge is -2.14. The lowest BCUT2D eigenvalue weighted by molar-refractivity contribution is -0.115. The SMILES string of the molecule is COc1cc(CC(=O)Nc2cccc(-n3cccn3)c2)cc(OC)c1OC. The van der Waals surface area contributed by atoms with Crippen molar-refractivity contribution < 1.29 is 19.0 Å². The van der Waals surface area contributed by atoms with Gasteiger partial charge < -0.3 is 19.5 Å². The first-order valence-corrected chi connectivity index (χ1v) is 8.33. The number of ether oxygens (including phenoxy) is 3. The number of anilines is 1. The van der Waals surface area contributed by atoms with Crippen LogP contribution >= 0.6 is 0 Å². The Balaban J connectivity index is 1.76. The minimum absolute atomic E-state index is 0.151. The summed E-state index contributed by atoms with van der Waals surface area (Å²) in [5.74, 6) is 1.37. The predicted octanol–water partition coefficient (Wildman–Crippen LogP) is 3.08. The smallest absolute Gasteiger partial charge is 0.228 e. The molecule has 0 saturated heterocycles. The molecule has 2 aromatic carbocycles. The van der Waals surface area contributed by atoms with E-state index in [-0.39, 0.29) is 12.3 Å². The predicted molar refractivity (Wildman–Crippen MR) is 102 cm³/mol. The van der Waals surface area contributed by atoms with E-state index in [1.807, 2.05) is 36.5 Å². The van der Waals surface area contributed by atoms with Gasteiger partial charge in [-0.15, -0.1) is 0 Å². The summed E-state index contributed by atoms with van der Waals surface area (Å²) in [7, 11) is 4.63. The molecule has 0 bridgehead atoms. The fraction of sp³-hybridized carbons (Fsp3) is 0.200. The molecule has 1 N–H and O–H groups in total. The molecule has 1 aromatic heterocycles. The van der Waals surface area contributed by atoms with Crippen LogP contribution in [-0.2, 0) is 11.2 Å². The second kappa shape index (κ2) is 8.27. The molecule has 140 valence electrons. The molecule has 0 saturated carbocycles. The maximum Gasteiger partial charge on any atom is 0.228 e. The lowest BCUT2D eigenvalue weighted by Crippen LogP contribution is -2.15. The Hall–Kier alpha value is -3.48. The van der Waals surface area contributed by atoms with Crippen molar-refractivity contribution in [1.29, 1.82) is 0 Å². The first-order chi connectivity index (χ1) is 13.1. The Bertz CT molecular complexity index is 898. The Kier molecular flexibility index (Phi) is 5.61. The van der Waals surface area contributed by atoms with E-state index in [4.69, 9.17) is 14.2 Å². The third-order valence-electron chi connectivity index (χ3n) is 3.99. The summed E-state index contributed by atoms with van der Waals surface area (Å²) in [6.45, 7) is 0. The minimum Gasteiger partial charge on any atom is -0.493 e. The number of hydrogen-bond acceptors (Lipinski definition) is 5. The number of amides is 1. The topological polar surface area (TPSA) is 74.6 Å². The fourth-order valence-corrected chi connectivity index (χ4v) is 2.78. The largest absolute Gasteiger partial charge is 0.493 e. The maximum atomic E-state index is 12.5. The molecule has 0 fully saturated rings. The van der Waals surface area contributed by atoms with E-state index < -0.39 is 0 Å². The van der Waals surface area contributed by atoms with E-state index in [2.05, 4.69) is 10.4 Å². The van der Waals surface area contributed by atoms with Crippen molar-refractivity contribution in [3.8, 4) is 22.9 Å². The van der Waals surface area contributed by atoms with Crippen LogP contribution in [0.4, 0.5) is 5.69 Å². The number of hydrogen-bond donors (Lipinski definition) is 1. The second-order valence-electron chi connectivity index (χ2n) is 5.76. The van der Waals surface area contributed by atoms with Crippen molar-refractivity contribution in [1.82, 2.24) is 9.78 Å². The van der Waals surface area contributed by atoms with Crippen molar-refractivity contribution in [2.24, 2.45) is 0 Å². The number of benzene rings is 2. The first kappa shape index (κ1) is 18.3. The Labute approximate surface area is 157 Å². The zero-order valence-corrected chi connectivity index (χ0v) is 15.4. The number of carbonyl (C=O) groups excluding carboxylic acids is 1. The van der Waals surface area contributed by atoms with E-state index in [0.717, 1.165) is 11.3 Å². The minimum atomic E-state index is -0.151. The Morgan fingerprint density at radius 1 is 1.04 bits per heavy atom. The molecular weight excluding hydrogens is 346 g/mol. The lowest BCUT2D eigenvalue weighted by atomic mass is 10.1. The van der Waals surface area contributed by atoms with Gasteiger partial charge in [0.1, 0.15) is 0 Å². The number of nitrogens with one attached hydrogen (secondary N) is 1. The van der Waals surface area contributed by atoms with Gasteiger partial charge in [0.05, 0.1) is 33.4 Å². The quantitative estimate of drug-likeness (QED) is 0.695. The summed E-state index contributed by atoms with van der Waals surface area (Å²) < 4.78 is 17.7. The summed E-state index contributed by atoms with van der Waals surface area (Å²) >= 11 is 0. The highest BCUT2D eigenvalue weighted by atomic mass is 16.5. The summed E-state index contributed by atoms with van der Waals surface area (Å²) in [4.78, 5) is 12.5. The third-order valence-corrected chi connectivity index (χ3v) is 3.99. The molecule has 0 radical (unpaired) electrons. The van der Waals surface area contributed by atoms with Crippen molar-refractivity contribution in [3.05, 3.63) is 60.4 Å². The molecule has 0 unspecified atom stereocenters. The molecule has 3 rings (SSSR count). The van der Waals surface area contributed by atoms with Gasteiger partial charge in [-0.05, 0) is 42.0 Å². The average Bonchev–Trinajstić information content (AvgIpc) is 3.22. The van der Waals surface area contributed by atoms with E-state index >= 15 is 0 Å².